The van der Waals surface area contributed by atoms with Crippen LogP contribution in [0.2, 0.25) is 0 Å². The maximum atomic E-state index is 3.56. The molecule has 1 saturated carbocycles. The molecule has 3 heteroatoms. The van der Waals surface area contributed by atoms with E-state index in [1.165, 1.54) is 37.2 Å². The first-order valence-corrected chi connectivity index (χ1v) is 7.12. The van der Waals surface area contributed by atoms with Gasteiger partial charge in [0.2, 0.25) is 0 Å². The molecule has 1 unspecified atom stereocenters. The van der Waals surface area contributed by atoms with Crippen molar-refractivity contribution in [2.45, 2.75) is 38.3 Å². The highest BCUT2D eigenvalue weighted by atomic mass is 32.1. The monoisotopic (exact) mass is 238 g/mol. The van der Waals surface area contributed by atoms with E-state index in [0.717, 1.165) is 6.04 Å². The first-order valence-electron chi connectivity index (χ1n) is 6.24. The Bertz CT molecular complexity index is 293. The average molecular weight is 238 g/mol. The molecule has 1 aliphatic rings. The van der Waals surface area contributed by atoms with Crippen LogP contribution in [0, 0.1) is 0 Å². The molecule has 1 aromatic heterocycles. The Morgan fingerprint density at radius 2 is 2.38 bits per heavy atom. The highest BCUT2D eigenvalue weighted by molar-refractivity contribution is 7.10. The SMILES string of the molecule is CC(c1cccs1)N(C)CCCNC1CC1. The Balaban J connectivity index is 1.64. The van der Waals surface area contributed by atoms with E-state index in [0.29, 0.717) is 6.04 Å². The van der Waals surface area contributed by atoms with Crippen molar-refractivity contribution < 1.29 is 0 Å². The highest BCUT2D eigenvalue weighted by Gasteiger charge is 2.19. The van der Waals surface area contributed by atoms with Crippen molar-refractivity contribution in [3.05, 3.63) is 22.4 Å². The zero-order valence-corrected chi connectivity index (χ0v) is 11.1. The van der Waals surface area contributed by atoms with Gasteiger partial charge < -0.3 is 5.32 Å². The van der Waals surface area contributed by atoms with Crippen LogP contribution in [0.15, 0.2) is 17.5 Å². The second-order valence-corrected chi connectivity index (χ2v) is 5.73. The molecule has 0 saturated heterocycles. The molecule has 0 spiro atoms. The van der Waals surface area contributed by atoms with Crippen LogP contribution in [0.3, 0.4) is 0 Å². The molecule has 2 nitrogen and oxygen atoms in total. The fraction of sp³-hybridized carbons (Fsp3) is 0.692. The van der Waals surface area contributed by atoms with Gasteiger partial charge in [0.05, 0.1) is 0 Å². The van der Waals surface area contributed by atoms with Gasteiger partial charge in [-0.05, 0) is 57.8 Å². The van der Waals surface area contributed by atoms with Crippen LogP contribution in [0.5, 0.6) is 0 Å². The normalized spacial score (nSPS) is 17.9. The van der Waals surface area contributed by atoms with E-state index >= 15 is 0 Å². The zero-order valence-electron chi connectivity index (χ0n) is 10.3. The van der Waals surface area contributed by atoms with Crippen LogP contribution in [0.1, 0.15) is 37.1 Å². The zero-order chi connectivity index (χ0) is 11.4. The second-order valence-electron chi connectivity index (χ2n) is 4.75. The van der Waals surface area contributed by atoms with Gasteiger partial charge in [-0.2, -0.15) is 0 Å². The lowest BCUT2D eigenvalue weighted by molar-refractivity contribution is 0.260. The maximum absolute atomic E-state index is 3.56. The number of thiophene rings is 1. The molecule has 0 radical (unpaired) electrons. The third-order valence-corrected chi connectivity index (χ3v) is 4.36. The summed E-state index contributed by atoms with van der Waals surface area (Å²) in [5.41, 5.74) is 0. The summed E-state index contributed by atoms with van der Waals surface area (Å²) in [5, 5.41) is 5.72. The van der Waals surface area contributed by atoms with Crippen molar-refractivity contribution in [2.75, 3.05) is 20.1 Å². The molecule has 0 amide bonds. The van der Waals surface area contributed by atoms with Gasteiger partial charge in [0, 0.05) is 17.0 Å². The lowest BCUT2D eigenvalue weighted by atomic mass is 10.2. The molecule has 0 bridgehead atoms. The van der Waals surface area contributed by atoms with Crippen molar-refractivity contribution in [1.82, 2.24) is 10.2 Å². The summed E-state index contributed by atoms with van der Waals surface area (Å²) in [5.74, 6) is 0. The van der Waals surface area contributed by atoms with Crippen LogP contribution in [-0.4, -0.2) is 31.1 Å². The Morgan fingerprint density at radius 1 is 1.56 bits per heavy atom. The lowest BCUT2D eigenvalue weighted by Crippen LogP contribution is -2.27. The molecule has 2 rings (SSSR count). The Labute approximate surface area is 103 Å². The third kappa shape index (κ3) is 3.58. The summed E-state index contributed by atoms with van der Waals surface area (Å²) in [6.07, 6.45) is 4.03. The third-order valence-electron chi connectivity index (χ3n) is 3.31. The Kier molecular flexibility index (Phi) is 4.38. The van der Waals surface area contributed by atoms with Crippen LogP contribution >= 0.6 is 11.3 Å². The fourth-order valence-electron chi connectivity index (χ4n) is 1.86. The summed E-state index contributed by atoms with van der Waals surface area (Å²) >= 11 is 1.86. The van der Waals surface area contributed by atoms with Gasteiger partial charge in [-0.15, -0.1) is 11.3 Å². The molecule has 0 aliphatic heterocycles. The average Bonchev–Trinajstić information content (AvgIpc) is 2.95. The largest absolute Gasteiger partial charge is 0.314 e. The van der Waals surface area contributed by atoms with Crippen LogP contribution in [0.25, 0.3) is 0 Å². The number of hydrogen-bond acceptors (Lipinski definition) is 3. The van der Waals surface area contributed by atoms with Crippen molar-refractivity contribution in [3.63, 3.8) is 0 Å². The first kappa shape index (κ1) is 12.1. The molecule has 1 aromatic rings. The molecule has 90 valence electrons. The van der Waals surface area contributed by atoms with Gasteiger partial charge in [0.25, 0.3) is 0 Å². The van der Waals surface area contributed by atoms with Crippen molar-refractivity contribution in [2.24, 2.45) is 0 Å². The molecule has 1 heterocycles. The van der Waals surface area contributed by atoms with Crippen molar-refractivity contribution in [1.29, 1.82) is 0 Å². The molecule has 1 atom stereocenters. The van der Waals surface area contributed by atoms with Crippen LogP contribution in [-0.2, 0) is 0 Å². The Hall–Kier alpha value is -0.380. The molecule has 1 aliphatic carbocycles. The second kappa shape index (κ2) is 5.80. The number of nitrogens with zero attached hydrogens (tertiary/aromatic N) is 1. The van der Waals surface area contributed by atoms with Gasteiger partial charge in [-0.1, -0.05) is 6.07 Å². The van der Waals surface area contributed by atoms with Gasteiger partial charge in [-0.25, -0.2) is 0 Å². The summed E-state index contributed by atoms with van der Waals surface area (Å²) in [4.78, 5) is 3.91. The van der Waals surface area contributed by atoms with E-state index in [2.05, 4.69) is 41.7 Å². The molecule has 1 N–H and O–H groups in total. The smallest absolute Gasteiger partial charge is 0.0410 e. The molecule has 16 heavy (non-hydrogen) atoms. The van der Waals surface area contributed by atoms with Crippen molar-refractivity contribution in [3.8, 4) is 0 Å². The maximum Gasteiger partial charge on any atom is 0.0410 e. The first-order chi connectivity index (χ1) is 7.77. The predicted octanol–water partition coefficient (Wildman–Crippen LogP) is 2.88. The minimum absolute atomic E-state index is 0.556. The van der Waals surface area contributed by atoms with E-state index in [1.807, 2.05) is 11.3 Å². The van der Waals surface area contributed by atoms with E-state index in [-0.39, 0.29) is 0 Å². The Morgan fingerprint density at radius 3 is 3.00 bits per heavy atom. The molecular weight excluding hydrogens is 216 g/mol. The lowest BCUT2D eigenvalue weighted by Gasteiger charge is -2.23. The number of rotatable bonds is 7. The van der Waals surface area contributed by atoms with E-state index in [4.69, 9.17) is 0 Å². The fourth-order valence-corrected chi connectivity index (χ4v) is 2.71. The highest BCUT2D eigenvalue weighted by Crippen LogP contribution is 2.23. The van der Waals surface area contributed by atoms with Gasteiger partial charge in [0.15, 0.2) is 0 Å². The van der Waals surface area contributed by atoms with Gasteiger partial charge in [-0.3, -0.25) is 4.90 Å². The molecule has 1 fully saturated rings. The summed E-state index contributed by atoms with van der Waals surface area (Å²) in [7, 11) is 2.22. The van der Waals surface area contributed by atoms with Crippen LogP contribution in [0.4, 0.5) is 0 Å². The topological polar surface area (TPSA) is 15.3 Å². The summed E-state index contributed by atoms with van der Waals surface area (Å²) in [6.45, 7) is 4.64. The van der Waals surface area contributed by atoms with Gasteiger partial charge >= 0.3 is 0 Å². The quantitative estimate of drug-likeness (QED) is 0.735. The summed E-state index contributed by atoms with van der Waals surface area (Å²) in [6, 6.07) is 5.77. The van der Waals surface area contributed by atoms with E-state index in [9.17, 15) is 0 Å². The van der Waals surface area contributed by atoms with Crippen LogP contribution < -0.4 is 5.32 Å². The van der Waals surface area contributed by atoms with Gasteiger partial charge in [0.1, 0.15) is 0 Å². The number of nitrogens with one attached hydrogen (secondary N) is 1. The predicted molar refractivity (Wildman–Crippen MR) is 71.0 cm³/mol. The molecular formula is C13H22N2S. The minimum atomic E-state index is 0.556. The molecule has 0 aromatic carbocycles. The standard InChI is InChI=1S/C13H22N2S/c1-11(13-5-3-10-16-13)15(2)9-4-8-14-12-6-7-12/h3,5,10-12,14H,4,6-9H2,1-2H3. The number of hydrogen-bond donors (Lipinski definition) is 1. The van der Waals surface area contributed by atoms with E-state index in [1.54, 1.807) is 0 Å². The van der Waals surface area contributed by atoms with E-state index < -0.39 is 0 Å². The summed E-state index contributed by atoms with van der Waals surface area (Å²) < 4.78 is 0. The minimum Gasteiger partial charge on any atom is -0.314 e. The van der Waals surface area contributed by atoms with Crippen molar-refractivity contribution >= 4 is 11.3 Å².